The molecule has 4 aromatic rings. The zero-order valence-corrected chi connectivity index (χ0v) is 15.6. The van der Waals surface area contributed by atoms with Gasteiger partial charge in [-0.2, -0.15) is 18.1 Å². The van der Waals surface area contributed by atoms with Crippen LogP contribution in [0.5, 0.6) is 0 Å². The van der Waals surface area contributed by atoms with Crippen LogP contribution in [0.1, 0.15) is 16.7 Å². The molecule has 0 amide bonds. The van der Waals surface area contributed by atoms with E-state index in [1.165, 1.54) is 21.9 Å². The molecule has 0 saturated heterocycles. The Bertz CT molecular complexity index is 942. The summed E-state index contributed by atoms with van der Waals surface area (Å²) in [4.78, 5) is 0. The molecule has 0 fully saturated rings. The van der Waals surface area contributed by atoms with Crippen molar-refractivity contribution in [2.24, 2.45) is 0 Å². The number of allylic oxidation sites excluding steroid dienone is 1. The van der Waals surface area contributed by atoms with Crippen LogP contribution < -0.4 is 0 Å². The van der Waals surface area contributed by atoms with Crippen molar-refractivity contribution in [2.45, 2.75) is 6.42 Å². The van der Waals surface area contributed by atoms with Gasteiger partial charge < -0.3 is 30.3 Å². The van der Waals surface area contributed by atoms with Crippen molar-refractivity contribution in [1.29, 1.82) is 0 Å². The first kappa shape index (κ1) is 19.5. The van der Waals surface area contributed by atoms with Crippen molar-refractivity contribution in [3.63, 3.8) is 0 Å². The summed E-state index contributed by atoms with van der Waals surface area (Å²) in [7, 11) is 0. The second kappa shape index (κ2) is 10.3. The third-order valence-electron chi connectivity index (χ3n) is 4.04. The molecule has 0 spiro atoms. The third-order valence-corrected chi connectivity index (χ3v) is 4.04. The zero-order valence-electron chi connectivity index (χ0n) is 14.5. The van der Waals surface area contributed by atoms with Gasteiger partial charge in [-0.15, -0.1) is 12.1 Å². The van der Waals surface area contributed by atoms with E-state index in [0.717, 1.165) is 12.0 Å². The Morgan fingerprint density at radius 2 is 1.46 bits per heavy atom. The topological polar surface area (TPSA) is 0 Å². The maximum atomic E-state index is 5.04. The largest absolute Gasteiger partial charge is 0.748 e. The van der Waals surface area contributed by atoms with E-state index in [2.05, 4.69) is 54.5 Å². The SMILES string of the molecule is C#C[c-]1cccc1.C1=Cc2cccc3cccc(c23)C1.[Fe].[cH-]1[cH-][cH-][cH-][cH-]1. The normalized spacial score (nSPS) is 10.4. The van der Waals surface area contributed by atoms with Gasteiger partial charge in [0, 0.05) is 17.1 Å². The van der Waals surface area contributed by atoms with Gasteiger partial charge in [0.05, 0.1) is 0 Å². The molecule has 0 bridgehead atoms. The standard InChI is InChI=1S/C13H10.C7H5.C5H5.Fe/c1-4-10-6-2-8-12-9-3-7-11(5-1)13(10)12;1-2-7-5-3-4-6-7;1-2-4-5-3-1;/h1-8H,9H2;1,3-6H;1-5H;/q;-1;-5;. The predicted molar refractivity (Wildman–Crippen MR) is 109 cm³/mol. The quantitative estimate of drug-likeness (QED) is 0.195. The monoisotopic (exact) mass is 376 g/mol. The molecule has 0 heterocycles. The summed E-state index contributed by atoms with van der Waals surface area (Å²) < 4.78 is 0. The molecule has 0 radical (unpaired) electrons. The van der Waals surface area contributed by atoms with Crippen molar-refractivity contribution in [3.05, 3.63) is 114 Å². The molecule has 134 valence electrons. The Labute approximate surface area is 166 Å². The second-order valence-electron chi connectivity index (χ2n) is 5.75. The molecule has 26 heavy (non-hydrogen) atoms. The number of benzene rings is 2. The van der Waals surface area contributed by atoms with Gasteiger partial charge in [-0.05, 0) is 28.3 Å². The van der Waals surface area contributed by atoms with Crippen LogP contribution in [0.2, 0.25) is 0 Å². The Balaban J connectivity index is 0.000000158. The van der Waals surface area contributed by atoms with Crippen molar-refractivity contribution in [1.82, 2.24) is 0 Å². The second-order valence-corrected chi connectivity index (χ2v) is 5.75. The fourth-order valence-electron chi connectivity index (χ4n) is 2.86. The average Bonchev–Trinajstić information content (AvgIpc) is 3.40. The Morgan fingerprint density at radius 1 is 0.846 bits per heavy atom. The van der Waals surface area contributed by atoms with E-state index < -0.39 is 0 Å². The van der Waals surface area contributed by atoms with Gasteiger partial charge in [0.15, 0.2) is 0 Å². The minimum atomic E-state index is 0. The summed E-state index contributed by atoms with van der Waals surface area (Å²) in [5.74, 6) is 2.51. The summed E-state index contributed by atoms with van der Waals surface area (Å²) in [6, 6.07) is 30.7. The maximum absolute atomic E-state index is 5.04. The summed E-state index contributed by atoms with van der Waals surface area (Å²) >= 11 is 0. The smallest absolute Gasteiger partial charge is 0 e. The van der Waals surface area contributed by atoms with E-state index in [4.69, 9.17) is 6.42 Å². The minimum Gasteiger partial charge on any atom is -0.748 e. The van der Waals surface area contributed by atoms with Crippen LogP contribution in [0.25, 0.3) is 16.8 Å². The summed E-state index contributed by atoms with van der Waals surface area (Å²) in [5.41, 5.74) is 3.77. The van der Waals surface area contributed by atoms with E-state index in [-0.39, 0.29) is 17.1 Å². The molecular formula is C25H20Fe-6. The van der Waals surface area contributed by atoms with Crippen LogP contribution in [0.4, 0.5) is 0 Å². The molecule has 1 aliphatic carbocycles. The van der Waals surface area contributed by atoms with Crippen molar-refractivity contribution in [3.8, 4) is 12.3 Å². The Hall–Kier alpha value is -2.78. The molecule has 0 atom stereocenters. The Morgan fingerprint density at radius 3 is 2.04 bits per heavy atom. The van der Waals surface area contributed by atoms with E-state index in [1.54, 1.807) is 0 Å². The molecule has 0 aliphatic heterocycles. The van der Waals surface area contributed by atoms with Gasteiger partial charge in [0.25, 0.3) is 0 Å². The van der Waals surface area contributed by atoms with Crippen LogP contribution in [-0.4, -0.2) is 0 Å². The van der Waals surface area contributed by atoms with Gasteiger partial charge in [-0.25, -0.2) is 6.42 Å². The van der Waals surface area contributed by atoms with Crippen LogP contribution in [0, 0.1) is 12.3 Å². The average molecular weight is 376 g/mol. The number of rotatable bonds is 0. The van der Waals surface area contributed by atoms with E-state index >= 15 is 0 Å². The first-order chi connectivity index (χ1) is 12.4. The molecule has 0 aromatic heterocycles. The molecule has 0 N–H and O–H groups in total. The van der Waals surface area contributed by atoms with Gasteiger partial charge in [-0.3, -0.25) is 0 Å². The first-order valence-corrected chi connectivity index (χ1v) is 8.40. The molecule has 0 unspecified atom stereocenters. The van der Waals surface area contributed by atoms with Crippen LogP contribution >= 0.6 is 0 Å². The Kier molecular flexibility index (Phi) is 7.72. The summed E-state index contributed by atoms with van der Waals surface area (Å²) in [6.45, 7) is 0. The molecule has 0 nitrogen and oxygen atoms in total. The molecule has 1 heteroatoms. The zero-order chi connectivity index (χ0) is 17.3. The van der Waals surface area contributed by atoms with Gasteiger partial charge in [0.1, 0.15) is 0 Å². The molecule has 5 rings (SSSR count). The number of hydrogen-bond donors (Lipinski definition) is 0. The number of terminal acetylenes is 1. The van der Waals surface area contributed by atoms with E-state index in [9.17, 15) is 0 Å². The van der Waals surface area contributed by atoms with Crippen molar-refractivity contribution >= 4 is 16.8 Å². The fourth-order valence-corrected chi connectivity index (χ4v) is 2.86. The van der Waals surface area contributed by atoms with Gasteiger partial charge >= 0.3 is 0 Å². The molecule has 4 aromatic carbocycles. The molecule has 1 aliphatic rings. The summed E-state index contributed by atoms with van der Waals surface area (Å²) in [5, 5.41) is 2.80. The van der Waals surface area contributed by atoms with Crippen LogP contribution in [0.3, 0.4) is 0 Å². The van der Waals surface area contributed by atoms with Crippen molar-refractivity contribution < 1.29 is 17.1 Å². The predicted octanol–water partition coefficient (Wildman–Crippen LogP) is 6.20. The van der Waals surface area contributed by atoms with Gasteiger partial charge in [0.2, 0.25) is 0 Å². The van der Waals surface area contributed by atoms with Gasteiger partial charge in [-0.1, -0.05) is 54.1 Å². The maximum Gasteiger partial charge on any atom is 0 e. The van der Waals surface area contributed by atoms with Crippen LogP contribution in [-0.2, 0) is 23.5 Å². The fraction of sp³-hybridized carbons (Fsp3) is 0.0400. The minimum absolute atomic E-state index is 0. The molecule has 0 saturated carbocycles. The van der Waals surface area contributed by atoms with E-state index in [1.807, 2.05) is 54.6 Å². The number of hydrogen-bond acceptors (Lipinski definition) is 0. The molecular weight excluding hydrogens is 356 g/mol. The first-order valence-electron chi connectivity index (χ1n) is 8.40. The summed E-state index contributed by atoms with van der Waals surface area (Å²) in [6.07, 6.45) is 10.6. The van der Waals surface area contributed by atoms with E-state index in [0.29, 0.717) is 0 Å². The third kappa shape index (κ3) is 5.11. The van der Waals surface area contributed by atoms with Crippen LogP contribution in [0.15, 0.2) is 97.1 Å². The van der Waals surface area contributed by atoms with Crippen molar-refractivity contribution in [2.75, 3.05) is 0 Å².